The van der Waals surface area contributed by atoms with Crippen molar-refractivity contribution < 1.29 is 14.1 Å². The highest BCUT2D eigenvalue weighted by atomic mass is 16.5. The van der Waals surface area contributed by atoms with E-state index in [0.29, 0.717) is 35.4 Å². The van der Waals surface area contributed by atoms with Gasteiger partial charge in [0.05, 0.1) is 23.2 Å². The monoisotopic (exact) mass is 304 g/mol. The molecule has 118 valence electrons. The van der Waals surface area contributed by atoms with E-state index < -0.39 is 0 Å². The minimum Gasteiger partial charge on any atom is -0.342 e. The second-order valence-electron chi connectivity index (χ2n) is 5.07. The van der Waals surface area contributed by atoms with Gasteiger partial charge in [-0.2, -0.15) is 0 Å². The summed E-state index contributed by atoms with van der Waals surface area (Å²) in [6, 6.07) is 1.69. The molecule has 0 N–H and O–H groups in total. The summed E-state index contributed by atoms with van der Waals surface area (Å²) < 4.78 is 5.02. The first-order chi connectivity index (χ1) is 10.5. The molecule has 0 fully saturated rings. The predicted molar refractivity (Wildman–Crippen MR) is 81.4 cm³/mol. The number of aromatic nitrogens is 2. The van der Waals surface area contributed by atoms with Crippen molar-refractivity contribution in [3.05, 3.63) is 23.5 Å². The van der Waals surface area contributed by atoms with E-state index >= 15 is 0 Å². The second-order valence-corrected chi connectivity index (χ2v) is 5.07. The Morgan fingerprint density at radius 1 is 1.27 bits per heavy atom. The highest BCUT2D eigenvalue weighted by Gasteiger charge is 2.19. The van der Waals surface area contributed by atoms with Crippen molar-refractivity contribution >= 4 is 22.9 Å². The van der Waals surface area contributed by atoms with Crippen LogP contribution in [0, 0.1) is 6.92 Å². The molecule has 0 saturated carbocycles. The minimum absolute atomic E-state index is 0.0428. The van der Waals surface area contributed by atoms with Crippen LogP contribution in [-0.2, 0) is 4.79 Å². The predicted octanol–water partition coefficient (Wildman–Crippen LogP) is 1.47. The molecule has 0 bridgehead atoms. The number of hydrogen-bond donors (Lipinski definition) is 0. The normalized spacial score (nSPS) is 10.7. The molecule has 0 unspecified atom stereocenters. The topological polar surface area (TPSA) is 79.5 Å². The Bertz CT molecular complexity index is 691. The van der Waals surface area contributed by atoms with Crippen LogP contribution in [0.15, 0.2) is 16.8 Å². The fraction of sp³-hybridized carbons (Fsp3) is 0.467. The number of nitrogens with zero attached hydrogens (tertiary/aromatic N) is 4. The largest absolute Gasteiger partial charge is 0.342 e. The average molecular weight is 304 g/mol. The van der Waals surface area contributed by atoms with Gasteiger partial charge in [0.2, 0.25) is 5.91 Å². The third kappa shape index (κ3) is 3.08. The smallest absolute Gasteiger partial charge is 0.257 e. The van der Waals surface area contributed by atoms with Crippen LogP contribution in [0.4, 0.5) is 0 Å². The van der Waals surface area contributed by atoms with E-state index in [-0.39, 0.29) is 18.4 Å². The lowest BCUT2D eigenvalue weighted by Crippen LogP contribution is -2.41. The Labute approximate surface area is 128 Å². The highest BCUT2D eigenvalue weighted by molar-refractivity contribution is 5.98. The summed E-state index contributed by atoms with van der Waals surface area (Å²) in [5.41, 5.74) is 1.49. The maximum Gasteiger partial charge on any atom is 0.257 e. The molecule has 7 nitrogen and oxygen atoms in total. The molecule has 0 aromatic carbocycles. The summed E-state index contributed by atoms with van der Waals surface area (Å²) in [5, 5.41) is 4.51. The number of carbonyl (C=O) groups is 2. The number of hydrogen-bond acceptors (Lipinski definition) is 5. The summed E-state index contributed by atoms with van der Waals surface area (Å²) in [5.74, 6) is -0.327. The van der Waals surface area contributed by atoms with Gasteiger partial charge >= 0.3 is 0 Å². The van der Waals surface area contributed by atoms with Crippen LogP contribution in [-0.4, -0.2) is 58.4 Å². The van der Waals surface area contributed by atoms with Crippen LogP contribution >= 0.6 is 0 Å². The van der Waals surface area contributed by atoms with Gasteiger partial charge in [-0.25, -0.2) is 4.98 Å². The fourth-order valence-corrected chi connectivity index (χ4v) is 2.23. The van der Waals surface area contributed by atoms with Crippen LogP contribution in [0.2, 0.25) is 0 Å². The first-order valence-electron chi connectivity index (χ1n) is 7.23. The van der Waals surface area contributed by atoms with Crippen molar-refractivity contribution in [3.8, 4) is 0 Å². The molecule has 0 aliphatic carbocycles. The molecule has 0 aliphatic rings. The number of carbonyl (C=O) groups excluding carboxylic acids is 2. The lowest BCUT2D eigenvalue weighted by molar-refractivity contribution is -0.131. The number of rotatable bonds is 5. The fourth-order valence-electron chi connectivity index (χ4n) is 2.23. The van der Waals surface area contributed by atoms with Gasteiger partial charge in [-0.05, 0) is 26.8 Å². The molecule has 0 saturated heterocycles. The van der Waals surface area contributed by atoms with Crippen molar-refractivity contribution in [2.45, 2.75) is 20.8 Å². The molecule has 2 aromatic heterocycles. The summed E-state index contributed by atoms with van der Waals surface area (Å²) in [7, 11) is 1.61. The Hall–Kier alpha value is -2.44. The average Bonchev–Trinajstić information content (AvgIpc) is 2.88. The lowest BCUT2D eigenvalue weighted by atomic mass is 10.2. The van der Waals surface area contributed by atoms with Gasteiger partial charge in [0, 0.05) is 26.3 Å². The van der Waals surface area contributed by atoms with E-state index in [2.05, 4.69) is 10.1 Å². The molecule has 2 aromatic rings. The third-order valence-corrected chi connectivity index (χ3v) is 3.59. The van der Waals surface area contributed by atoms with Crippen LogP contribution in [0.5, 0.6) is 0 Å². The Kier molecular flexibility index (Phi) is 4.75. The number of aryl methyl sites for hydroxylation is 1. The van der Waals surface area contributed by atoms with Gasteiger partial charge in [-0.1, -0.05) is 5.16 Å². The van der Waals surface area contributed by atoms with E-state index in [0.717, 1.165) is 0 Å². The zero-order valence-electron chi connectivity index (χ0n) is 13.3. The van der Waals surface area contributed by atoms with Gasteiger partial charge in [0.15, 0.2) is 0 Å². The minimum atomic E-state index is -0.254. The third-order valence-electron chi connectivity index (χ3n) is 3.59. The van der Waals surface area contributed by atoms with Gasteiger partial charge in [0.25, 0.3) is 11.6 Å². The molecule has 0 atom stereocenters. The molecular weight excluding hydrogens is 284 g/mol. The van der Waals surface area contributed by atoms with Gasteiger partial charge in [-0.3, -0.25) is 9.59 Å². The zero-order valence-corrected chi connectivity index (χ0v) is 13.3. The lowest BCUT2D eigenvalue weighted by Gasteiger charge is -2.23. The second kappa shape index (κ2) is 6.55. The van der Waals surface area contributed by atoms with Gasteiger partial charge < -0.3 is 14.3 Å². The standard InChI is InChI=1S/C15H20N4O3/c1-5-19(6-2)13(20)9-18(4)15(21)11-7-12-10(3)17-22-14(12)16-8-11/h7-8H,5-6,9H2,1-4H3. The van der Waals surface area contributed by atoms with Crippen molar-refractivity contribution in [2.24, 2.45) is 0 Å². The SMILES string of the molecule is CCN(CC)C(=O)CN(C)C(=O)c1cnc2onc(C)c2c1. The van der Waals surface area contributed by atoms with Crippen LogP contribution in [0.1, 0.15) is 29.9 Å². The van der Waals surface area contributed by atoms with Crippen LogP contribution < -0.4 is 0 Å². The summed E-state index contributed by atoms with van der Waals surface area (Å²) in [6.07, 6.45) is 1.44. The highest BCUT2D eigenvalue weighted by Crippen LogP contribution is 2.17. The maximum absolute atomic E-state index is 12.4. The Morgan fingerprint density at radius 2 is 1.95 bits per heavy atom. The molecule has 0 radical (unpaired) electrons. The van der Waals surface area contributed by atoms with Gasteiger partial charge in [-0.15, -0.1) is 0 Å². The van der Waals surface area contributed by atoms with E-state index in [4.69, 9.17) is 4.52 Å². The van der Waals surface area contributed by atoms with Crippen molar-refractivity contribution in [1.29, 1.82) is 0 Å². The van der Waals surface area contributed by atoms with E-state index in [1.165, 1.54) is 11.1 Å². The number of likely N-dealkylation sites (N-methyl/N-ethyl adjacent to an activating group) is 2. The maximum atomic E-state index is 12.4. The van der Waals surface area contributed by atoms with Gasteiger partial charge in [0.1, 0.15) is 0 Å². The number of fused-ring (bicyclic) bond motifs is 1. The Morgan fingerprint density at radius 3 is 2.59 bits per heavy atom. The molecule has 2 heterocycles. The van der Waals surface area contributed by atoms with Crippen molar-refractivity contribution in [3.63, 3.8) is 0 Å². The number of amides is 2. The van der Waals surface area contributed by atoms with Crippen molar-refractivity contribution in [1.82, 2.24) is 19.9 Å². The van der Waals surface area contributed by atoms with Crippen LogP contribution in [0.3, 0.4) is 0 Å². The molecule has 2 rings (SSSR count). The first kappa shape index (κ1) is 15.9. The summed E-state index contributed by atoms with van der Waals surface area (Å²) >= 11 is 0. The van der Waals surface area contributed by atoms with E-state index in [9.17, 15) is 9.59 Å². The zero-order chi connectivity index (χ0) is 16.3. The van der Waals surface area contributed by atoms with Crippen molar-refractivity contribution in [2.75, 3.05) is 26.7 Å². The molecule has 0 aliphatic heterocycles. The molecular formula is C15H20N4O3. The van der Waals surface area contributed by atoms with Crippen LogP contribution in [0.25, 0.3) is 11.1 Å². The molecule has 2 amide bonds. The summed E-state index contributed by atoms with van der Waals surface area (Å²) in [4.78, 5) is 31.7. The molecule has 7 heteroatoms. The Balaban J connectivity index is 2.15. The van der Waals surface area contributed by atoms with E-state index in [1.807, 2.05) is 13.8 Å². The molecule has 0 spiro atoms. The quantitative estimate of drug-likeness (QED) is 0.835. The number of pyridine rings is 1. The first-order valence-corrected chi connectivity index (χ1v) is 7.23. The summed E-state index contributed by atoms with van der Waals surface area (Å²) in [6.45, 7) is 6.91. The van der Waals surface area contributed by atoms with E-state index in [1.54, 1.807) is 24.9 Å². The molecule has 22 heavy (non-hydrogen) atoms.